The fourth-order valence-corrected chi connectivity index (χ4v) is 2.75. The number of benzene rings is 2. The topological polar surface area (TPSA) is 68.2 Å². The first-order valence-corrected chi connectivity index (χ1v) is 9.53. The standard InChI is InChI=1S/C22H26N4O2/c27-22(23-13-5-16-28-17-12-19-6-2-1-3-7-19)24-18-20-8-10-21(11-9-20)26-15-4-14-25-26/h1-4,6-11,14-15H,5,12-13,16-18H2,(H2,23,24,27). The molecule has 0 spiro atoms. The molecule has 0 aliphatic carbocycles. The minimum absolute atomic E-state index is 0.166. The summed E-state index contributed by atoms with van der Waals surface area (Å²) in [6.07, 6.45) is 5.34. The molecule has 146 valence electrons. The summed E-state index contributed by atoms with van der Waals surface area (Å²) in [5, 5.41) is 9.91. The van der Waals surface area contributed by atoms with Crippen molar-refractivity contribution in [1.82, 2.24) is 20.4 Å². The number of hydrogen-bond acceptors (Lipinski definition) is 3. The molecule has 0 atom stereocenters. The zero-order chi connectivity index (χ0) is 19.4. The third kappa shape index (κ3) is 6.55. The molecule has 2 aromatic carbocycles. The Labute approximate surface area is 165 Å². The van der Waals surface area contributed by atoms with Crippen LogP contribution in [0.15, 0.2) is 73.1 Å². The maximum Gasteiger partial charge on any atom is 0.315 e. The van der Waals surface area contributed by atoms with Crippen LogP contribution in [0.5, 0.6) is 0 Å². The number of aromatic nitrogens is 2. The minimum atomic E-state index is -0.166. The van der Waals surface area contributed by atoms with Gasteiger partial charge in [-0.15, -0.1) is 0 Å². The Kier molecular flexibility index (Phi) is 7.64. The van der Waals surface area contributed by atoms with E-state index in [1.807, 2.05) is 54.7 Å². The van der Waals surface area contributed by atoms with Crippen LogP contribution in [0.3, 0.4) is 0 Å². The normalized spacial score (nSPS) is 10.6. The largest absolute Gasteiger partial charge is 0.381 e. The average Bonchev–Trinajstić information content (AvgIpc) is 3.27. The molecule has 0 saturated heterocycles. The van der Waals surface area contributed by atoms with Gasteiger partial charge in [0.2, 0.25) is 0 Å². The molecule has 6 nitrogen and oxygen atoms in total. The van der Waals surface area contributed by atoms with Crippen molar-refractivity contribution < 1.29 is 9.53 Å². The van der Waals surface area contributed by atoms with Crippen molar-refractivity contribution in [3.63, 3.8) is 0 Å². The highest BCUT2D eigenvalue weighted by Crippen LogP contribution is 2.08. The summed E-state index contributed by atoms with van der Waals surface area (Å²) in [6, 6.07) is 19.9. The Morgan fingerprint density at radius 2 is 1.75 bits per heavy atom. The average molecular weight is 378 g/mol. The minimum Gasteiger partial charge on any atom is -0.381 e. The Morgan fingerprint density at radius 1 is 0.929 bits per heavy atom. The van der Waals surface area contributed by atoms with Gasteiger partial charge in [-0.1, -0.05) is 42.5 Å². The third-order valence-electron chi connectivity index (χ3n) is 4.29. The van der Waals surface area contributed by atoms with Crippen LogP contribution >= 0.6 is 0 Å². The van der Waals surface area contributed by atoms with Gasteiger partial charge < -0.3 is 15.4 Å². The summed E-state index contributed by atoms with van der Waals surface area (Å²) in [7, 11) is 0. The molecule has 0 saturated carbocycles. The lowest BCUT2D eigenvalue weighted by atomic mass is 10.2. The summed E-state index contributed by atoms with van der Waals surface area (Å²) in [4.78, 5) is 11.9. The molecule has 3 rings (SSSR count). The van der Waals surface area contributed by atoms with Crippen molar-refractivity contribution in [3.8, 4) is 5.69 Å². The van der Waals surface area contributed by atoms with E-state index in [4.69, 9.17) is 4.74 Å². The van der Waals surface area contributed by atoms with Crippen LogP contribution < -0.4 is 10.6 Å². The van der Waals surface area contributed by atoms with Crippen molar-refractivity contribution in [2.75, 3.05) is 19.8 Å². The van der Waals surface area contributed by atoms with E-state index in [2.05, 4.69) is 27.9 Å². The molecule has 0 aliphatic heterocycles. The predicted octanol–water partition coefficient (Wildman–Crippen LogP) is 3.32. The number of urea groups is 1. The summed E-state index contributed by atoms with van der Waals surface area (Å²) in [6.45, 7) is 2.42. The first kappa shape index (κ1) is 19.6. The molecule has 0 bridgehead atoms. The van der Waals surface area contributed by atoms with Gasteiger partial charge in [0.25, 0.3) is 0 Å². The van der Waals surface area contributed by atoms with Gasteiger partial charge >= 0.3 is 6.03 Å². The van der Waals surface area contributed by atoms with E-state index < -0.39 is 0 Å². The molecule has 1 heterocycles. The van der Waals surface area contributed by atoms with E-state index in [-0.39, 0.29) is 6.03 Å². The van der Waals surface area contributed by atoms with E-state index in [0.29, 0.717) is 26.3 Å². The molecule has 6 heteroatoms. The van der Waals surface area contributed by atoms with Crippen LogP contribution in [0.25, 0.3) is 5.69 Å². The van der Waals surface area contributed by atoms with E-state index in [1.54, 1.807) is 10.9 Å². The zero-order valence-corrected chi connectivity index (χ0v) is 15.9. The van der Waals surface area contributed by atoms with Crippen molar-refractivity contribution in [2.45, 2.75) is 19.4 Å². The summed E-state index contributed by atoms with van der Waals surface area (Å²) in [5.74, 6) is 0. The number of hydrogen-bond donors (Lipinski definition) is 2. The number of nitrogens with one attached hydrogen (secondary N) is 2. The van der Waals surface area contributed by atoms with Crippen molar-refractivity contribution >= 4 is 6.03 Å². The van der Waals surface area contributed by atoms with Crippen LogP contribution in [0.1, 0.15) is 17.5 Å². The monoisotopic (exact) mass is 378 g/mol. The van der Waals surface area contributed by atoms with Crippen LogP contribution in [0, 0.1) is 0 Å². The van der Waals surface area contributed by atoms with Gasteiger partial charge in [-0.25, -0.2) is 9.48 Å². The van der Waals surface area contributed by atoms with Crippen LogP contribution in [0.2, 0.25) is 0 Å². The van der Waals surface area contributed by atoms with Gasteiger partial charge in [0.05, 0.1) is 12.3 Å². The molecule has 2 amide bonds. The van der Waals surface area contributed by atoms with Crippen LogP contribution in [0.4, 0.5) is 4.79 Å². The first-order valence-electron chi connectivity index (χ1n) is 9.53. The van der Waals surface area contributed by atoms with E-state index in [9.17, 15) is 4.79 Å². The first-order chi connectivity index (χ1) is 13.8. The second-order valence-electron chi connectivity index (χ2n) is 6.43. The highest BCUT2D eigenvalue weighted by atomic mass is 16.5. The van der Waals surface area contributed by atoms with Crippen molar-refractivity contribution in [3.05, 3.63) is 84.2 Å². The second kappa shape index (κ2) is 10.9. The smallest absolute Gasteiger partial charge is 0.315 e. The number of ether oxygens (including phenoxy) is 1. The predicted molar refractivity (Wildman–Crippen MR) is 109 cm³/mol. The lowest BCUT2D eigenvalue weighted by Crippen LogP contribution is -2.35. The molecular formula is C22H26N4O2. The molecule has 3 aromatic rings. The lowest BCUT2D eigenvalue weighted by molar-refractivity contribution is 0.135. The Balaban J connectivity index is 1.24. The van der Waals surface area contributed by atoms with Gasteiger partial charge in [-0.3, -0.25) is 0 Å². The third-order valence-corrected chi connectivity index (χ3v) is 4.29. The molecule has 0 unspecified atom stereocenters. The van der Waals surface area contributed by atoms with Gasteiger partial charge in [0.1, 0.15) is 0 Å². The van der Waals surface area contributed by atoms with Gasteiger partial charge in [-0.2, -0.15) is 5.10 Å². The molecule has 2 N–H and O–H groups in total. The highest BCUT2D eigenvalue weighted by Gasteiger charge is 2.01. The number of amides is 2. The Bertz CT molecular complexity index is 818. The van der Waals surface area contributed by atoms with Crippen LogP contribution in [-0.4, -0.2) is 35.6 Å². The maximum absolute atomic E-state index is 11.9. The van der Waals surface area contributed by atoms with Gasteiger partial charge in [0, 0.05) is 32.1 Å². The van der Waals surface area contributed by atoms with Gasteiger partial charge in [-0.05, 0) is 42.2 Å². The molecule has 1 aromatic heterocycles. The summed E-state index contributed by atoms with van der Waals surface area (Å²) < 4.78 is 7.41. The summed E-state index contributed by atoms with van der Waals surface area (Å²) >= 11 is 0. The van der Waals surface area contributed by atoms with Crippen molar-refractivity contribution in [2.24, 2.45) is 0 Å². The zero-order valence-electron chi connectivity index (χ0n) is 15.9. The Hall–Kier alpha value is -3.12. The fraction of sp³-hybridized carbons (Fsp3) is 0.273. The molecule has 28 heavy (non-hydrogen) atoms. The van der Waals surface area contributed by atoms with Crippen LogP contribution in [-0.2, 0) is 17.7 Å². The molecular weight excluding hydrogens is 352 g/mol. The van der Waals surface area contributed by atoms with Gasteiger partial charge in [0.15, 0.2) is 0 Å². The Morgan fingerprint density at radius 3 is 2.50 bits per heavy atom. The number of carbonyl (C=O) groups excluding carboxylic acids is 1. The number of carbonyl (C=O) groups is 1. The highest BCUT2D eigenvalue weighted by molar-refractivity contribution is 5.73. The number of rotatable bonds is 10. The van der Waals surface area contributed by atoms with Crippen molar-refractivity contribution in [1.29, 1.82) is 0 Å². The lowest BCUT2D eigenvalue weighted by Gasteiger charge is -2.09. The maximum atomic E-state index is 11.9. The molecule has 0 fully saturated rings. The number of nitrogens with zero attached hydrogens (tertiary/aromatic N) is 2. The molecule has 0 aliphatic rings. The summed E-state index contributed by atoms with van der Waals surface area (Å²) in [5.41, 5.74) is 3.30. The van der Waals surface area contributed by atoms with E-state index in [0.717, 1.165) is 24.1 Å². The fourth-order valence-electron chi connectivity index (χ4n) is 2.75. The second-order valence-corrected chi connectivity index (χ2v) is 6.43. The van der Waals surface area contributed by atoms with E-state index >= 15 is 0 Å². The van der Waals surface area contributed by atoms with E-state index in [1.165, 1.54) is 5.56 Å². The SMILES string of the molecule is O=C(NCCCOCCc1ccccc1)NCc1ccc(-n2cccn2)cc1. The quantitative estimate of drug-likeness (QED) is 0.532. The molecule has 0 radical (unpaired) electrons.